The molecule has 0 heterocycles. The number of halogens is 1. The molecule has 35 heavy (non-hydrogen) atoms. The Bertz CT molecular complexity index is 1490. The van der Waals surface area contributed by atoms with Gasteiger partial charge < -0.3 is 4.74 Å². The van der Waals surface area contributed by atoms with Gasteiger partial charge in [-0.15, -0.1) is 0 Å². The quantitative estimate of drug-likeness (QED) is 0.273. The van der Waals surface area contributed by atoms with Gasteiger partial charge in [0, 0.05) is 5.56 Å². The van der Waals surface area contributed by atoms with Gasteiger partial charge in [0.15, 0.2) is 0 Å². The number of rotatable bonds is 8. The van der Waals surface area contributed by atoms with Crippen LogP contribution in [0.25, 0.3) is 10.8 Å². The lowest BCUT2D eigenvalue weighted by atomic mass is 10.1. The number of hydrazone groups is 1. The number of benzene rings is 4. The Balaban J connectivity index is 1.60. The lowest BCUT2D eigenvalue weighted by Crippen LogP contribution is -2.39. The van der Waals surface area contributed by atoms with Crippen molar-refractivity contribution in [1.82, 2.24) is 5.43 Å². The molecule has 9 heteroatoms. The summed E-state index contributed by atoms with van der Waals surface area (Å²) < 4.78 is 33.0. The summed E-state index contributed by atoms with van der Waals surface area (Å²) in [6.45, 7) is -0.507. The highest BCUT2D eigenvalue weighted by Gasteiger charge is 2.27. The number of ether oxygens (including phenoxy) is 1. The third kappa shape index (κ3) is 5.45. The molecule has 4 rings (SSSR count). The first-order valence-corrected chi connectivity index (χ1v) is 12.4. The second kappa shape index (κ2) is 10.6. The number of amides is 1. The molecular weight excluding hydrogens is 486 g/mol. The van der Waals surface area contributed by atoms with Crippen LogP contribution in [0.1, 0.15) is 5.56 Å². The summed E-state index contributed by atoms with van der Waals surface area (Å²) in [5.41, 5.74) is 3.46. The van der Waals surface area contributed by atoms with Gasteiger partial charge in [0.05, 0.1) is 28.9 Å². The normalized spacial score (nSPS) is 11.5. The number of carbonyl (C=O) groups excluding carboxylic acids is 1. The first-order valence-electron chi connectivity index (χ1n) is 10.6. The highest BCUT2D eigenvalue weighted by atomic mass is 35.5. The van der Waals surface area contributed by atoms with Crippen molar-refractivity contribution in [3.63, 3.8) is 0 Å². The number of nitrogens with one attached hydrogen (secondary N) is 1. The van der Waals surface area contributed by atoms with Gasteiger partial charge in [-0.2, -0.15) is 5.10 Å². The zero-order chi connectivity index (χ0) is 24.8. The van der Waals surface area contributed by atoms with Crippen LogP contribution in [0.3, 0.4) is 0 Å². The Morgan fingerprint density at radius 1 is 1.00 bits per heavy atom. The molecule has 0 saturated carbocycles. The molecule has 0 aromatic heterocycles. The third-order valence-electron chi connectivity index (χ3n) is 5.26. The maximum absolute atomic E-state index is 13.4. The fourth-order valence-corrected chi connectivity index (χ4v) is 5.23. The molecule has 0 spiro atoms. The number of sulfonamides is 1. The van der Waals surface area contributed by atoms with Crippen LogP contribution in [0.15, 0.2) is 101 Å². The monoisotopic (exact) mass is 507 g/mol. The predicted octanol–water partition coefficient (Wildman–Crippen LogP) is 4.85. The van der Waals surface area contributed by atoms with Crippen molar-refractivity contribution in [3.8, 4) is 5.75 Å². The Hall–Kier alpha value is -3.88. The molecule has 1 amide bonds. The topological polar surface area (TPSA) is 88.1 Å². The van der Waals surface area contributed by atoms with Gasteiger partial charge in [-0.05, 0) is 41.1 Å². The fourth-order valence-electron chi connectivity index (χ4n) is 3.55. The van der Waals surface area contributed by atoms with E-state index in [2.05, 4.69) is 10.5 Å². The van der Waals surface area contributed by atoms with E-state index in [0.29, 0.717) is 5.75 Å². The number of fused-ring (bicyclic) bond motifs is 1. The number of carbonyl (C=O) groups is 1. The number of methoxy groups -OCH3 is 1. The summed E-state index contributed by atoms with van der Waals surface area (Å²) in [5.74, 6) is -0.232. The molecule has 0 bridgehead atoms. The summed E-state index contributed by atoms with van der Waals surface area (Å²) in [4.78, 5) is 12.8. The lowest BCUT2D eigenvalue weighted by molar-refractivity contribution is -0.119. The van der Waals surface area contributed by atoms with Crippen molar-refractivity contribution in [2.75, 3.05) is 18.0 Å². The molecule has 1 N–H and O–H groups in total. The maximum atomic E-state index is 13.4. The second-order valence-electron chi connectivity index (χ2n) is 7.51. The van der Waals surface area contributed by atoms with E-state index in [9.17, 15) is 13.2 Å². The SMILES string of the molecule is COc1ccc(N(CC(=O)N/N=C\c2cccc3ccccc23)S(=O)(=O)c2ccccc2)cc1Cl. The van der Waals surface area contributed by atoms with Gasteiger partial charge in [-0.1, -0.05) is 72.3 Å². The van der Waals surface area contributed by atoms with Crippen molar-refractivity contribution in [2.24, 2.45) is 5.10 Å². The first kappa shape index (κ1) is 24.3. The molecule has 0 radical (unpaired) electrons. The van der Waals surface area contributed by atoms with Crippen molar-refractivity contribution >= 4 is 50.2 Å². The third-order valence-corrected chi connectivity index (χ3v) is 7.34. The Morgan fingerprint density at radius 3 is 2.46 bits per heavy atom. The Labute approximate surface area is 208 Å². The lowest BCUT2D eigenvalue weighted by Gasteiger charge is -2.24. The molecule has 0 fully saturated rings. The average Bonchev–Trinajstić information content (AvgIpc) is 2.88. The summed E-state index contributed by atoms with van der Waals surface area (Å²) in [6.07, 6.45) is 1.53. The van der Waals surface area contributed by atoms with Gasteiger partial charge in [-0.3, -0.25) is 9.10 Å². The van der Waals surface area contributed by atoms with E-state index < -0.39 is 22.5 Å². The van der Waals surface area contributed by atoms with Crippen LogP contribution in [0.2, 0.25) is 5.02 Å². The maximum Gasteiger partial charge on any atom is 0.264 e. The fraction of sp³-hybridized carbons (Fsp3) is 0.0769. The van der Waals surface area contributed by atoms with E-state index in [0.717, 1.165) is 20.6 Å². The van der Waals surface area contributed by atoms with Crippen LogP contribution < -0.4 is 14.5 Å². The van der Waals surface area contributed by atoms with Crippen LogP contribution in [0.4, 0.5) is 5.69 Å². The van der Waals surface area contributed by atoms with Crippen LogP contribution in [-0.2, 0) is 14.8 Å². The van der Waals surface area contributed by atoms with Crippen LogP contribution in [-0.4, -0.2) is 34.2 Å². The minimum absolute atomic E-state index is 0.0407. The minimum Gasteiger partial charge on any atom is -0.495 e. The molecule has 0 atom stereocenters. The molecular formula is C26H22ClN3O4S. The van der Waals surface area contributed by atoms with Crippen LogP contribution >= 0.6 is 11.6 Å². The summed E-state index contributed by atoms with van der Waals surface area (Å²) in [6, 6.07) is 25.9. The summed E-state index contributed by atoms with van der Waals surface area (Å²) >= 11 is 6.23. The van der Waals surface area contributed by atoms with Gasteiger partial charge >= 0.3 is 0 Å². The number of hydrogen-bond donors (Lipinski definition) is 1. The van der Waals surface area contributed by atoms with Gasteiger partial charge in [-0.25, -0.2) is 13.8 Å². The molecule has 178 valence electrons. The van der Waals surface area contributed by atoms with Gasteiger partial charge in [0.2, 0.25) is 0 Å². The zero-order valence-corrected chi connectivity index (χ0v) is 20.3. The first-order chi connectivity index (χ1) is 16.9. The summed E-state index contributed by atoms with van der Waals surface area (Å²) in [5, 5.41) is 6.28. The number of anilines is 1. The number of hydrogen-bond acceptors (Lipinski definition) is 5. The molecule has 0 aliphatic carbocycles. The van der Waals surface area contributed by atoms with E-state index in [1.807, 2.05) is 42.5 Å². The zero-order valence-electron chi connectivity index (χ0n) is 18.8. The largest absolute Gasteiger partial charge is 0.495 e. The van der Waals surface area contributed by atoms with E-state index in [4.69, 9.17) is 16.3 Å². The molecule has 4 aromatic rings. The molecule has 7 nitrogen and oxygen atoms in total. The standard InChI is InChI=1S/C26H22ClN3O4S/c1-34-25-15-14-21(16-24(25)27)30(35(32,33)22-11-3-2-4-12-22)18-26(31)29-28-17-20-10-7-9-19-8-5-6-13-23(19)20/h2-17H,18H2,1H3,(H,29,31)/b28-17-. The van der Waals surface area contributed by atoms with E-state index >= 15 is 0 Å². The van der Waals surface area contributed by atoms with E-state index in [1.165, 1.54) is 37.6 Å². The van der Waals surface area contributed by atoms with E-state index in [1.54, 1.807) is 24.3 Å². The van der Waals surface area contributed by atoms with Crippen molar-refractivity contribution in [1.29, 1.82) is 0 Å². The smallest absolute Gasteiger partial charge is 0.264 e. The molecule has 0 aliphatic rings. The van der Waals surface area contributed by atoms with Crippen LogP contribution in [0.5, 0.6) is 5.75 Å². The average molecular weight is 508 g/mol. The van der Waals surface area contributed by atoms with Crippen molar-refractivity contribution < 1.29 is 17.9 Å². The highest BCUT2D eigenvalue weighted by Crippen LogP contribution is 2.31. The molecule has 0 saturated heterocycles. The molecule has 0 unspecified atom stereocenters. The van der Waals surface area contributed by atoms with Gasteiger partial charge in [0.25, 0.3) is 15.9 Å². The molecule has 4 aromatic carbocycles. The highest BCUT2D eigenvalue weighted by molar-refractivity contribution is 7.92. The van der Waals surface area contributed by atoms with Crippen molar-refractivity contribution in [3.05, 3.63) is 102 Å². The second-order valence-corrected chi connectivity index (χ2v) is 9.77. The van der Waals surface area contributed by atoms with Gasteiger partial charge in [0.1, 0.15) is 12.3 Å². The minimum atomic E-state index is -4.07. The van der Waals surface area contributed by atoms with Crippen LogP contribution in [0, 0.1) is 0 Å². The van der Waals surface area contributed by atoms with E-state index in [-0.39, 0.29) is 15.6 Å². The van der Waals surface area contributed by atoms with Crippen molar-refractivity contribution in [2.45, 2.75) is 4.90 Å². The molecule has 0 aliphatic heterocycles. The predicted molar refractivity (Wildman–Crippen MR) is 139 cm³/mol. The summed E-state index contributed by atoms with van der Waals surface area (Å²) in [7, 11) is -2.61. The Morgan fingerprint density at radius 2 is 1.71 bits per heavy atom. The Kier molecular flexibility index (Phi) is 7.33. The number of nitrogens with zero attached hydrogens (tertiary/aromatic N) is 2.